The largest absolute Gasteiger partial charge is 0.409 e. The normalized spacial score (nSPS) is 11.8. The molecule has 0 aliphatic carbocycles. The summed E-state index contributed by atoms with van der Waals surface area (Å²) in [4.78, 5) is 7.91. The van der Waals surface area contributed by atoms with E-state index in [9.17, 15) is 0 Å². The lowest BCUT2D eigenvalue weighted by Crippen LogP contribution is -2.30. The van der Waals surface area contributed by atoms with E-state index in [0.29, 0.717) is 11.6 Å². The fourth-order valence-corrected chi connectivity index (χ4v) is 2.57. The van der Waals surface area contributed by atoms with Crippen molar-refractivity contribution in [3.63, 3.8) is 0 Å². The Morgan fingerprint density at radius 3 is 2.75 bits per heavy atom. The Bertz CT molecular complexity index is 563. The smallest absolute Gasteiger partial charge is 0.171 e. The predicted molar refractivity (Wildman–Crippen MR) is 82.4 cm³/mol. The molecule has 0 saturated carbocycles. The first-order valence-electron chi connectivity index (χ1n) is 6.34. The van der Waals surface area contributed by atoms with Crippen LogP contribution in [-0.4, -0.2) is 22.1 Å². The van der Waals surface area contributed by atoms with Crippen molar-refractivity contribution in [1.29, 1.82) is 0 Å². The van der Waals surface area contributed by atoms with Crippen molar-refractivity contribution >= 4 is 23.0 Å². The Hall–Kier alpha value is -2.08. The minimum absolute atomic E-state index is 0.0680. The number of thiophene rings is 1. The molecule has 0 atom stereocenters. The van der Waals surface area contributed by atoms with Gasteiger partial charge in [-0.1, -0.05) is 11.2 Å². The zero-order valence-corrected chi connectivity index (χ0v) is 12.3. The van der Waals surface area contributed by atoms with E-state index in [0.717, 1.165) is 12.4 Å². The number of hydrogen-bond donors (Lipinski definition) is 2. The van der Waals surface area contributed by atoms with E-state index in [1.165, 1.54) is 4.88 Å². The summed E-state index contributed by atoms with van der Waals surface area (Å²) in [5.74, 6) is 0.946. The summed E-state index contributed by atoms with van der Waals surface area (Å²) in [6.07, 6.45) is 1.62. The molecule has 0 saturated heterocycles. The zero-order valence-electron chi connectivity index (χ0n) is 11.5. The van der Waals surface area contributed by atoms with Crippen LogP contribution in [0.5, 0.6) is 0 Å². The van der Waals surface area contributed by atoms with Gasteiger partial charge >= 0.3 is 0 Å². The highest BCUT2D eigenvalue weighted by molar-refractivity contribution is 7.09. The lowest BCUT2D eigenvalue weighted by molar-refractivity contribution is 0.318. The second-order valence-electron chi connectivity index (χ2n) is 4.69. The number of nitrogens with zero attached hydrogens (tertiary/aromatic N) is 3. The number of rotatable bonds is 5. The molecule has 0 spiro atoms. The molecule has 2 aromatic rings. The molecule has 0 bridgehead atoms. The lowest BCUT2D eigenvalue weighted by Gasteiger charge is -2.27. The molecule has 6 heteroatoms. The van der Waals surface area contributed by atoms with Crippen molar-refractivity contribution in [2.45, 2.75) is 26.4 Å². The SMILES string of the molecule is CC(C)N(Cc1cccs1)c1ccc(C(N)=NO)cn1. The number of amidine groups is 1. The van der Waals surface area contributed by atoms with Gasteiger partial charge in [0.1, 0.15) is 5.82 Å². The summed E-state index contributed by atoms with van der Waals surface area (Å²) in [7, 11) is 0. The molecule has 0 unspecified atom stereocenters. The molecule has 2 heterocycles. The monoisotopic (exact) mass is 290 g/mol. The molecular weight excluding hydrogens is 272 g/mol. The van der Waals surface area contributed by atoms with Gasteiger partial charge in [0.2, 0.25) is 0 Å². The van der Waals surface area contributed by atoms with Gasteiger partial charge in [-0.3, -0.25) is 0 Å². The number of anilines is 1. The van der Waals surface area contributed by atoms with Crippen LogP contribution >= 0.6 is 11.3 Å². The van der Waals surface area contributed by atoms with Gasteiger partial charge in [-0.15, -0.1) is 11.3 Å². The maximum atomic E-state index is 8.65. The average Bonchev–Trinajstić information content (AvgIpc) is 2.97. The third kappa shape index (κ3) is 3.27. The Balaban J connectivity index is 2.21. The standard InChI is InChI=1S/C14H18N4OS/c1-10(2)18(9-12-4-3-7-20-12)13-6-5-11(8-16-13)14(15)17-19/h3-8,10,19H,9H2,1-2H3,(H2,15,17). The highest BCUT2D eigenvalue weighted by Gasteiger charge is 2.13. The first kappa shape index (κ1) is 14.3. The third-order valence-corrected chi connectivity index (χ3v) is 3.84. The van der Waals surface area contributed by atoms with E-state index in [1.807, 2.05) is 12.1 Å². The molecular formula is C14H18N4OS. The minimum Gasteiger partial charge on any atom is -0.409 e. The molecule has 0 amide bonds. The highest BCUT2D eigenvalue weighted by atomic mass is 32.1. The molecule has 0 aliphatic rings. The van der Waals surface area contributed by atoms with Crippen molar-refractivity contribution in [2.24, 2.45) is 10.9 Å². The number of oxime groups is 1. The summed E-state index contributed by atoms with van der Waals surface area (Å²) < 4.78 is 0. The van der Waals surface area contributed by atoms with Gasteiger partial charge in [-0.05, 0) is 37.4 Å². The molecule has 106 valence electrons. The van der Waals surface area contributed by atoms with Crippen LogP contribution < -0.4 is 10.6 Å². The molecule has 0 aromatic carbocycles. The van der Waals surface area contributed by atoms with Gasteiger partial charge in [0.25, 0.3) is 0 Å². The summed E-state index contributed by atoms with van der Waals surface area (Å²) in [6.45, 7) is 5.09. The van der Waals surface area contributed by atoms with Crippen molar-refractivity contribution in [3.05, 3.63) is 46.3 Å². The first-order chi connectivity index (χ1) is 9.61. The molecule has 3 N–H and O–H groups in total. The van der Waals surface area contributed by atoms with Gasteiger partial charge < -0.3 is 15.8 Å². The minimum atomic E-state index is 0.0680. The molecule has 0 aliphatic heterocycles. The first-order valence-corrected chi connectivity index (χ1v) is 7.22. The summed E-state index contributed by atoms with van der Waals surface area (Å²) >= 11 is 1.73. The van der Waals surface area contributed by atoms with E-state index in [2.05, 4.69) is 40.3 Å². The van der Waals surface area contributed by atoms with Gasteiger partial charge in [-0.25, -0.2) is 4.98 Å². The average molecular weight is 290 g/mol. The van der Waals surface area contributed by atoms with Gasteiger partial charge in [0, 0.05) is 22.7 Å². The molecule has 2 aromatic heterocycles. The summed E-state index contributed by atoms with van der Waals surface area (Å²) in [5.41, 5.74) is 6.15. The van der Waals surface area contributed by atoms with Crippen LogP contribution in [0.1, 0.15) is 24.3 Å². The van der Waals surface area contributed by atoms with Crippen molar-refractivity contribution in [1.82, 2.24) is 4.98 Å². The number of nitrogens with two attached hydrogens (primary N) is 1. The molecule has 20 heavy (non-hydrogen) atoms. The molecule has 2 rings (SSSR count). The molecule has 0 radical (unpaired) electrons. The van der Waals surface area contributed by atoms with E-state index >= 15 is 0 Å². The lowest BCUT2D eigenvalue weighted by atomic mass is 10.2. The second kappa shape index (κ2) is 6.38. The quantitative estimate of drug-likeness (QED) is 0.384. The predicted octanol–water partition coefficient (Wildman–Crippen LogP) is 2.65. The van der Waals surface area contributed by atoms with Crippen molar-refractivity contribution < 1.29 is 5.21 Å². The van der Waals surface area contributed by atoms with Crippen molar-refractivity contribution in [2.75, 3.05) is 4.90 Å². The van der Waals surface area contributed by atoms with Gasteiger partial charge in [0.05, 0.1) is 6.54 Å². The van der Waals surface area contributed by atoms with Crippen molar-refractivity contribution in [3.8, 4) is 0 Å². The Kier molecular flexibility index (Phi) is 4.57. The van der Waals surface area contributed by atoms with Crippen LogP contribution in [-0.2, 0) is 6.54 Å². The van der Waals surface area contributed by atoms with E-state index < -0.39 is 0 Å². The van der Waals surface area contributed by atoms with Gasteiger partial charge in [-0.2, -0.15) is 0 Å². The second-order valence-corrected chi connectivity index (χ2v) is 5.72. The van der Waals surface area contributed by atoms with Crippen LogP contribution in [0.25, 0.3) is 0 Å². The van der Waals surface area contributed by atoms with Crippen LogP contribution in [0, 0.1) is 0 Å². The Morgan fingerprint density at radius 1 is 1.45 bits per heavy atom. The van der Waals surface area contributed by atoms with Gasteiger partial charge in [0.15, 0.2) is 5.84 Å². The number of hydrogen-bond acceptors (Lipinski definition) is 5. The van der Waals surface area contributed by atoms with Crippen LogP contribution in [0.4, 0.5) is 5.82 Å². The van der Waals surface area contributed by atoms with Crippen LogP contribution in [0.15, 0.2) is 41.0 Å². The fourth-order valence-electron chi connectivity index (χ4n) is 1.86. The van der Waals surface area contributed by atoms with E-state index in [1.54, 1.807) is 23.6 Å². The Morgan fingerprint density at radius 2 is 2.25 bits per heavy atom. The topological polar surface area (TPSA) is 74.7 Å². The maximum absolute atomic E-state index is 8.65. The highest BCUT2D eigenvalue weighted by Crippen LogP contribution is 2.20. The summed E-state index contributed by atoms with van der Waals surface area (Å²) in [6, 6.07) is 8.19. The van der Waals surface area contributed by atoms with E-state index in [-0.39, 0.29) is 5.84 Å². The maximum Gasteiger partial charge on any atom is 0.171 e. The van der Waals surface area contributed by atoms with Crippen LogP contribution in [0.2, 0.25) is 0 Å². The molecule has 5 nitrogen and oxygen atoms in total. The number of aromatic nitrogens is 1. The summed E-state index contributed by atoms with van der Waals surface area (Å²) in [5, 5.41) is 13.7. The fraction of sp³-hybridized carbons (Fsp3) is 0.286. The zero-order chi connectivity index (χ0) is 14.5. The van der Waals surface area contributed by atoms with E-state index in [4.69, 9.17) is 10.9 Å². The Labute approximate surface area is 122 Å². The molecule has 0 fully saturated rings. The van der Waals surface area contributed by atoms with Crippen LogP contribution in [0.3, 0.4) is 0 Å². The third-order valence-electron chi connectivity index (χ3n) is 2.98. The number of pyridine rings is 1.